The Morgan fingerprint density at radius 3 is 2.42 bits per heavy atom. The maximum atomic E-state index is 12.5. The average molecular weight is 253 g/mol. The number of hydrogen-bond acceptors (Lipinski definition) is 2. The molecule has 0 aliphatic carbocycles. The van der Waals surface area contributed by atoms with Gasteiger partial charge in [0.15, 0.2) is 9.84 Å². The van der Waals surface area contributed by atoms with Gasteiger partial charge in [0.2, 0.25) is 0 Å². The largest absolute Gasteiger partial charge is 0.224 e. The predicted molar refractivity (Wildman–Crippen MR) is 47.2 cm³/mol. The van der Waals surface area contributed by atoms with Crippen LogP contribution < -0.4 is 0 Å². The molecule has 0 saturated carbocycles. The highest BCUT2D eigenvalue weighted by atomic mass is 79.9. The van der Waals surface area contributed by atoms with Crippen molar-refractivity contribution < 1.29 is 12.8 Å². The van der Waals surface area contributed by atoms with E-state index in [0.29, 0.717) is 0 Å². The first kappa shape index (κ1) is 9.67. The van der Waals surface area contributed by atoms with Crippen LogP contribution in [0.5, 0.6) is 0 Å². The molecule has 2 nitrogen and oxygen atoms in total. The smallest absolute Gasteiger partial charge is 0.176 e. The van der Waals surface area contributed by atoms with Crippen LogP contribution in [-0.4, -0.2) is 14.7 Å². The fourth-order valence-corrected chi connectivity index (χ4v) is 2.74. The Balaban J connectivity index is 3.39. The SMILES string of the molecule is CS(=O)(=O)c1ccc(F)cc1Br. The average Bonchev–Trinajstić information content (AvgIpc) is 1.83. The maximum Gasteiger partial charge on any atom is 0.176 e. The van der Waals surface area contributed by atoms with Crippen LogP contribution in [0.3, 0.4) is 0 Å². The minimum atomic E-state index is -3.26. The van der Waals surface area contributed by atoms with E-state index in [9.17, 15) is 12.8 Å². The fraction of sp³-hybridized carbons (Fsp3) is 0.143. The Labute approximate surface area is 78.5 Å². The van der Waals surface area contributed by atoms with Crippen molar-refractivity contribution in [2.24, 2.45) is 0 Å². The Hall–Kier alpha value is -0.420. The van der Waals surface area contributed by atoms with Crippen LogP contribution in [0.1, 0.15) is 0 Å². The van der Waals surface area contributed by atoms with Gasteiger partial charge in [0.05, 0.1) is 4.90 Å². The second-order valence-electron chi connectivity index (χ2n) is 2.35. The van der Waals surface area contributed by atoms with Gasteiger partial charge in [-0.2, -0.15) is 0 Å². The summed E-state index contributed by atoms with van der Waals surface area (Å²) in [4.78, 5) is 0.101. The summed E-state index contributed by atoms with van der Waals surface area (Å²) in [5.41, 5.74) is 0. The first-order valence-corrected chi connectivity index (χ1v) is 5.75. The van der Waals surface area contributed by atoms with Gasteiger partial charge in [-0.3, -0.25) is 0 Å². The number of rotatable bonds is 1. The molecular formula is C7H6BrFO2S. The van der Waals surface area contributed by atoms with Crippen LogP contribution in [0.15, 0.2) is 27.6 Å². The molecule has 12 heavy (non-hydrogen) atoms. The summed E-state index contributed by atoms with van der Waals surface area (Å²) in [6, 6.07) is 3.46. The molecule has 0 aliphatic heterocycles. The van der Waals surface area contributed by atoms with Gasteiger partial charge in [-0.1, -0.05) is 0 Å². The molecule has 0 spiro atoms. The van der Waals surface area contributed by atoms with Crippen molar-refractivity contribution in [1.82, 2.24) is 0 Å². The van der Waals surface area contributed by atoms with E-state index in [-0.39, 0.29) is 9.37 Å². The molecule has 0 amide bonds. The third-order valence-electron chi connectivity index (χ3n) is 1.29. The highest BCUT2D eigenvalue weighted by Crippen LogP contribution is 2.22. The summed E-state index contributed by atoms with van der Waals surface area (Å²) < 4.78 is 34.8. The van der Waals surface area contributed by atoms with Crippen LogP contribution in [0.4, 0.5) is 4.39 Å². The Morgan fingerprint density at radius 1 is 1.42 bits per heavy atom. The van der Waals surface area contributed by atoms with E-state index in [0.717, 1.165) is 18.4 Å². The zero-order chi connectivity index (χ0) is 9.35. The van der Waals surface area contributed by atoms with E-state index >= 15 is 0 Å². The van der Waals surface area contributed by atoms with Gasteiger partial charge in [-0.05, 0) is 34.1 Å². The topological polar surface area (TPSA) is 34.1 Å². The molecule has 0 heterocycles. The molecule has 1 aromatic rings. The summed E-state index contributed by atoms with van der Waals surface area (Å²) in [5.74, 6) is -0.464. The predicted octanol–water partition coefficient (Wildman–Crippen LogP) is 1.99. The van der Waals surface area contributed by atoms with Gasteiger partial charge < -0.3 is 0 Å². The number of hydrogen-bond donors (Lipinski definition) is 0. The van der Waals surface area contributed by atoms with Crippen molar-refractivity contribution in [2.75, 3.05) is 6.26 Å². The fourth-order valence-electron chi connectivity index (χ4n) is 0.776. The second-order valence-corrected chi connectivity index (χ2v) is 5.19. The van der Waals surface area contributed by atoms with Crippen molar-refractivity contribution in [2.45, 2.75) is 4.90 Å². The van der Waals surface area contributed by atoms with Gasteiger partial charge in [0, 0.05) is 10.7 Å². The maximum absolute atomic E-state index is 12.5. The quantitative estimate of drug-likeness (QED) is 0.717. The van der Waals surface area contributed by atoms with Crippen LogP contribution in [0, 0.1) is 5.82 Å². The molecule has 0 radical (unpaired) electrons. The van der Waals surface area contributed by atoms with Crippen molar-refractivity contribution in [3.63, 3.8) is 0 Å². The molecule has 0 unspecified atom stereocenters. The summed E-state index contributed by atoms with van der Waals surface area (Å²) in [6.07, 6.45) is 1.07. The van der Waals surface area contributed by atoms with Crippen molar-refractivity contribution in [1.29, 1.82) is 0 Å². The third-order valence-corrected chi connectivity index (χ3v) is 3.37. The summed E-state index contributed by atoms with van der Waals surface area (Å²) in [7, 11) is -3.26. The zero-order valence-electron chi connectivity index (χ0n) is 6.21. The van der Waals surface area contributed by atoms with Crippen molar-refractivity contribution in [3.8, 4) is 0 Å². The summed E-state index contributed by atoms with van der Waals surface area (Å²) in [6.45, 7) is 0. The van der Waals surface area contributed by atoms with Crippen molar-refractivity contribution in [3.05, 3.63) is 28.5 Å². The molecule has 5 heteroatoms. The van der Waals surface area contributed by atoms with Gasteiger partial charge in [-0.15, -0.1) is 0 Å². The number of sulfone groups is 1. The number of benzene rings is 1. The standard InChI is InChI=1S/C7H6BrFO2S/c1-12(10,11)7-3-2-5(9)4-6(7)8/h2-4H,1H3. The Morgan fingerprint density at radius 2 is 2.00 bits per heavy atom. The van der Waals surface area contributed by atoms with Gasteiger partial charge in [-0.25, -0.2) is 12.8 Å². The molecule has 0 saturated heterocycles. The molecule has 0 fully saturated rings. The Bertz CT molecular complexity index is 400. The third kappa shape index (κ3) is 2.04. The van der Waals surface area contributed by atoms with Gasteiger partial charge in [0.25, 0.3) is 0 Å². The molecule has 1 rings (SSSR count). The van der Waals surface area contributed by atoms with Crippen LogP contribution >= 0.6 is 15.9 Å². The van der Waals surface area contributed by atoms with Crippen LogP contribution in [-0.2, 0) is 9.84 Å². The highest BCUT2D eigenvalue weighted by Gasteiger charge is 2.11. The van der Waals surface area contributed by atoms with Gasteiger partial charge >= 0.3 is 0 Å². The summed E-state index contributed by atoms with van der Waals surface area (Å²) in [5, 5.41) is 0. The van der Waals surface area contributed by atoms with Gasteiger partial charge in [0.1, 0.15) is 5.82 Å². The molecule has 66 valence electrons. The first-order chi connectivity index (χ1) is 5.41. The zero-order valence-corrected chi connectivity index (χ0v) is 8.62. The molecular weight excluding hydrogens is 247 g/mol. The lowest BCUT2D eigenvalue weighted by Gasteiger charge is -2.00. The lowest BCUT2D eigenvalue weighted by atomic mass is 10.3. The number of halogens is 2. The van der Waals surface area contributed by atoms with E-state index < -0.39 is 15.7 Å². The molecule has 1 aromatic carbocycles. The molecule has 0 atom stereocenters. The lowest BCUT2D eigenvalue weighted by Crippen LogP contribution is -1.98. The van der Waals surface area contributed by atoms with Crippen LogP contribution in [0.25, 0.3) is 0 Å². The van der Waals surface area contributed by atoms with E-state index in [1.807, 2.05) is 0 Å². The van der Waals surface area contributed by atoms with E-state index in [2.05, 4.69) is 15.9 Å². The molecule has 0 aromatic heterocycles. The Kier molecular flexibility index (Phi) is 2.53. The molecule has 0 aliphatic rings. The minimum Gasteiger partial charge on any atom is -0.224 e. The van der Waals surface area contributed by atoms with E-state index in [1.165, 1.54) is 6.07 Å². The monoisotopic (exact) mass is 252 g/mol. The molecule has 0 N–H and O–H groups in total. The van der Waals surface area contributed by atoms with Crippen molar-refractivity contribution >= 4 is 25.8 Å². The second kappa shape index (κ2) is 3.14. The highest BCUT2D eigenvalue weighted by molar-refractivity contribution is 9.10. The normalized spacial score (nSPS) is 11.6. The van der Waals surface area contributed by atoms with E-state index in [4.69, 9.17) is 0 Å². The first-order valence-electron chi connectivity index (χ1n) is 3.06. The van der Waals surface area contributed by atoms with E-state index in [1.54, 1.807) is 0 Å². The minimum absolute atomic E-state index is 0.101. The lowest BCUT2D eigenvalue weighted by molar-refractivity contribution is 0.599. The van der Waals surface area contributed by atoms with Crippen LogP contribution in [0.2, 0.25) is 0 Å². The summed E-state index contributed by atoms with van der Waals surface area (Å²) >= 11 is 2.96. The molecule has 0 bridgehead atoms.